The number of halogens is 3. The Bertz CT molecular complexity index is 211. The van der Waals surface area contributed by atoms with E-state index in [0.29, 0.717) is 0 Å². The normalized spacial score (nSPS) is 10.8. The van der Waals surface area contributed by atoms with Crippen LogP contribution in [-0.2, 0) is 9.53 Å². The minimum atomic E-state index is -0.718. The summed E-state index contributed by atoms with van der Waals surface area (Å²) in [5.74, 6) is -0.718. The lowest BCUT2D eigenvalue weighted by Crippen LogP contribution is -2.23. The van der Waals surface area contributed by atoms with Gasteiger partial charge in [0, 0.05) is 0 Å². The summed E-state index contributed by atoms with van der Waals surface area (Å²) in [6.45, 7) is 5.16. The minimum absolute atomic E-state index is 0.286. The first-order chi connectivity index (χ1) is 5.24. The van der Waals surface area contributed by atoms with Gasteiger partial charge in [0.15, 0.2) is 5.03 Å². The zero-order valence-electron chi connectivity index (χ0n) is 6.95. The zero-order valence-corrected chi connectivity index (χ0v) is 9.22. The molecule has 0 rings (SSSR count). The van der Waals surface area contributed by atoms with E-state index in [4.69, 9.17) is 39.5 Å². The second-order valence-electron chi connectivity index (χ2n) is 3.08. The van der Waals surface area contributed by atoms with Crippen molar-refractivity contribution in [1.82, 2.24) is 0 Å². The molecule has 0 aromatic carbocycles. The molecule has 70 valence electrons. The molecule has 0 atom stereocenters. The van der Waals surface area contributed by atoms with E-state index in [2.05, 4.69) is 0 Å². The van der Waals surface area contributed by atoms with Crippen LogP contribution < -0.4 is 0 Å². The Labute approximate surface area is 86.4 Å². The third kappa shape index (κ3) is 4.86. The van der Waals surface area contributed by atoms with Crippen molar-refractivity contribution in [2.45, 2.75) is 26.4 Å². The van der Waals surface area contributed by atoms with Gasteiger partial charge in [0.2, 0.25) is 0 Å². The van der Waals surface area contributed by atoms with Gasteiger partial charge in [-0.15, -0.1) is 0 Å². The molecule has 0 aliphatic rings. The van der Waals surface area contributed by atoms with E-state index in [-0.39, 0.29) is 9.52 Å². The van der Waals surface area contributed by atoms with Gasteiger partial charge in [0.1, 0.15) is 10.1 Å². The Morgan fingerprint density at radius 1 is 1.17 bits per heavy atom. The Hall–Kier alpha value is 0.0800. The number of hydrogen-bond donors (Lipinski definition) is 0. The summed E-state index contributed by atoms with van der Waals surface area (Å²) in [5, 5.41) is -0.298. The van der Waals surface area contributed by atoms with E-state index >= 15 is 0 Å². The zero-order chi connectivity index (χ0) is 9.94. The lowest BCUT2D eigenvalue weighted by molar-refractivity contribution is -0.149. The number of ether oxygens (including phenoxy) is 1. The van der Waals surface area contributed by atoms with Crippen molar-refractivity contribution in [3.05, 3.63) is 9.52 Å². The van der Waals surface area contributed by atoms with Crippen LogP contribution in [-0.4, -0.2) is 11.6 Å². The summed E-state index contributed by atoms with van der Waals surface area (Å²) >= 11 is 15.9. The highest BCUT2D eigenvalue weighted by Gasteiger charge is 2.20. The van der Waals surface area contributed by atoms with Crippen molar-refractivity contribution in [3.8, 4) is 0 Å². The molecular formula is C7H9Cl3O2. The van der Waals surface area contributed by atoms with E-state index in [1.807, 2.05) is 0 Å². The fourth-order valence-electron chi connectivity index (χ4n) is 0.400. The standard InChI is InChI=1S/C7H9Cl3O2/c1-7(2,3)12-6(11)4(8)5(9)10/h1-3H3. The highest BCUT2D eigenvalue weighted by molar-refractivity contribution is 6.62. The summed E-state index contributed by atoms with van der Waals surface area (Å²) in [5.41, 5.74) is -0.597. The quantitative estimate of drug-likeness (QED) is 0.512. The number of carbonyl (C=O) groups excluding carboxylic acids is 1. The SMILES string of the molecule is CC(C)(C)OC(=O)C(Cl)=C(Cl)Cl. The third-order valence-electron chi connectivity index (χ3n) is 0.744. The molecule has 0 N–H and O–H groups in total. The molecular weight excluding hydrogens is 222 g/mol. The Kier molecular flexibility index (Phi) is 4.38. The first kappa shape index (κ1) is 12.1. The molecule has 0 saturated carbocycles. The van der Waals surface area contributed by atoms with Gasteiger partial charge in [0.05, 0.1) is 0 Å². The molecule has 0 aliphatic heterocycles. The largest absolute Gasteiger partial charge is 0.456 e. The first-order valence-electron chi connectivity index (χ1n) is 3.18. The lowest BCUT2D eigenvalue weighted by Gasteiger charge is -2.18. The average Bonchev–Trinajstić information content (AvgIpc) is 1.82. The van der Waals surface area contributed by atoms with Crippen LogP contribution in [0, 0.1) is 0 Å². The van der Waals surface area contributed by atoms with E-state index in [9.17, 15) is 4.79 Å². The van der Waals surface area contributed by atoms with Gasteiger partial charge in [-0.1, -0.05) is 34.8 Å². The third-order valence-corrected chi connectivity index (χ3v) is 1.66. The highest BCUT2D eigenvalue weighted by Crippen LogP contribution is 2.21. The fraction of sp³-hybridized carbons (Fsp3) is 0.571. The molecule has 0 radical (unpaired) electrons. The maximum atomic E-state index is 11.0. The highest BCUT2D eigenvalue weighted by atomic mass is 35.5. The van der Waals surface area contributed by atoms with Gasteiger partial charge in [-0.25, -0.2) is 4.79 Å². The van der Waals surface area contributed by atoms with Crippen LogP contribution in [0.1, 0.15) is 20.8 Å². The molecule has 0 aromatic rings. The van der Waals surface area contributed by atoms with Gasteiger partial charge in [-0.05, 0) is 20.8 Å². The van der Waals surface area contributed by atoms with Crippen molar-refractivity contribution in [2.24, 2.45) is 0 Å². The Balaban J connectivity index is 4.36. The van der Waals surface area contributed by atoms with E-state index in [1.165, 1.54) is 0 Å². The molecule has 0 aromatic heterocycles. The van der Waals surface area contributed by atoms with Gasteiger partial charge in [-0.3, -0.25) is 0 Å². The first-order valence-corrected chi connectivity index (χ1v) is 4.31. The molecule has 0 heterocycles. The van der Waals surface area contributed by atoms with Crippen LogP contribution in [0.25, 0.3) is 0 Å². The van der Waals surface area contributed by atoms with E-state index in [1.54, 1.807) is 20.8 Å². The summed E-state index contributed by atoms with van der Waals surface area (Å²) in [7, 11) is 0. The maximum Gasteiger partial charge on any atom is 0.352 e. The molecule has 0 saturated heterocycles. The summed E-state index contributed by atoms with van der Waals surface area (Å²) < 4.78 is 4.58. The van der Waals surface area contributed by atoms with Crippen molar-refractivity contribution in [3.63, 3.8) is 0 Å². The minimum Gasteiger partial charge on any atom is -0.456 e. The monoisotopic (exact) mass is 230 g/mol. The van der Waals surface area contributed by atoms with Crippen LogP contribution in [0.15, 0.2) is 9.52 Å². The molecule has 12 heavy (non-hydrogen) atoms. The molecule has 2 nitrogen and oxygen atoms in total. The fourth-order valence-corrected chi connectivity index (χ4v) is 0.593. The van der Waals surface area contributed by atoms with Crippen molar-refractivity contribution in [2.75, 3.05) is 0 Å². The molecule has 0 spiro atoms. The van der Waals surface area contributed by atoms with E-state index in [0.717, 1.165) is 0 Å². The van der Waals surface area contributed by atoms with Gasteiger partial charge >= 0.3 is 5.97 Å². The summed E-state index contributed by atoms with van der Waals surface area (Å²) in [4.78, 5) is 11.0. The van der Waals surface area contributed by atoms with Crippen molar-refractivity contribution < 1.29 is 9.53 Å². The van der Waals surface area contributed by atoms with Crippen LogP contribution in [0.4, 0.5) is 0 Å². The van der Waals surface area contributed by atoms with Crippen LogP contribution >= 0.6 is 34.8 Å². The molecule has 0 unspecified atom stereocenters. The number of carbonyl (C=O) groups is 1. The second kappa shape index (κ2) is 4.35. The second-order valence-corrected chi connectivity index (χ2v) is 4.40. The maximum absolute atomic E-state index is 11.0. The molecule has 0 aliphatic carbocycles. The van der Waals surface area contributed by atoms with Crippen LogP contribution in [0.5, 0.6) is 0 Å². The number of esters is 1. The molecule has 5 heteroatoms. The molecule has 0 amide bonds. The summed E-state index contributed by atoms with van der Waals surface area (Å²) in [6, 6.07) is 0. The number of rotatable bonds is 1. The van der Waals surface area contributed by atoms with Crippen LogP contribution in [0.3, 0.4) is 0 Å². The predicted octanol–water partition coefficient (Wildman–Crippen LogP) is 3.21. The van der Waals surface area contributed by atoms with Crippen LogP contribution in [0.2, 0.25) is 0 Å². The van der Waals surface area contributed by atoms with Gasteiger partial charge in [0.25, 0.3) is 0 Å². The van der Waals surface area contributed by atoms with E-state index < -0.39 is 11.6 Å². The van der Waals surface area contributed by atoms with Crippen molar-refractivity contribution in [1.29, 1.82) is 0 Å². The Morgan fingerprint density at radius 2 is 1.58 bits per heavy atom. The van der Waals surface area contributed by atoms with Gasteiger partial charge < -0.3 is 4.74 Å². The smallest absolute Gasteiger partial charge is 0.352 e. The average molecular weight is 232 g/mol. The van der Waals surface area contributed by atoms with Crippen molar-refractivity contribution >= 4 is 40.8 Å². The summed E-state index contributed by atoms with van der Waals surface area (Å²) in [6.07, 6.45) is 0. The topological polar surface area (TPSA) is 26.3 Å². The number of hydrogen-bond acceptors (Lipinski definition) is 2. The predicted molar refractivity (Wildman–Crippen MR) is 50.4 cm³/mol. The Morgan fingerprint density at radius 3 is 1.83 bits per heavy atom. The lowest BCUT2D eigenvalue weighted by atomic mass is 10.2. The molecule has 0 fully saturated rings. The van der Waals surface area contributed by atoms with Gasteiger partial charge in [-0.2, -0.15) is 0 Å². The molecule has 0 bridgehead atoms.